The van der Waals surface area contributed by atoms with E-state index in [0.29, 0.717) is 28.4 Å². The van der Waals surface area contributed by atoms with E-state index in [4.69, 9.17) is 27.3 Å². The minimum atomic E-state index is -2.43. The van der Waals surface area contributed by atoms with Gasteiger partial charge < -0.3 is 17.7 Å². The first-order valence-electron chi connectivity index (χ1n) is 44.3. The molecule has 1 unspecified atom stereocenters. The van der Waals surface area contributed by atoms with E-state index in [9.17, 15) is 0 Å². The summed E-state index contributed by atoms with van der Waals surface area (Å²) < 4.78 is 91.5. The molecule has 12 heteroatoms. The van der Waals surface area contributed by atoms with Gasteiger partial charge in [-0.2, -0.15) is 0 Å². The summed E-state index contributed by atoms with van der Waals surface area (Å²) in [5, 5.41) is 17.4. The molecule has 0 aliphatic heterocycles. The third-order valence-corrected chi connectivity index (χ3v) is 24.4. The van der Waals surface area contributed by atoms with Crippen LogP contribution in [-0.4, -0.2) is 19.9 Å². The van der Waals surface area contributed by atoms with E-state index < -0.39 is 30.4 Å². The highest BCUT2D eigenvalue weighted by Crippen LogP contribution is 2.46. The van der Waals surface area contributed by atoms with Gasteiger partial charge in [0.15, 0.2) is 47.1 Å². The van der Waals surface area contributed by atoms with E-state index in [0.717, 1.165) is 227 Å². The van der Waals surface area contributed by atoms with Crippen LogP contribution in [0.15, 0.2) is 261 Å². The summed E-state index contributed by atoms with van der Waals surface area (Å²) in [6.45, 7) is 11.2. The molecule has 1 atom stereocenters. The molecule has 2 saturated carbocycles. The van der Waals surface area contributed by atoms with Crippen molar-refractivity contribution >= 4 is 131 Å². The fourth-order valence-electron chi connectivity index (χ4n) is 18.3. The van der Waals surface area contributed by atoms with Gasteiger partial charge in [-0.05, 0) is 145 Å². The molecule has 2 aliphatic carbocycles. The summed E-state index contributed by atoms with van der Waals surface area (Å²) in [6.07, 6.45) is 25.2. The number of furan rings is 4. The molecule has 12 aromatic heterocycles. The molecule has 2 aliphatic rings. The lowest BCUT2D eigenvalue weighted by atomic mass is 9.84. The van der Waals surface area contributed by atoms with Gasteiger partial charge in [0.1, 0.15) is 28.2 Å². The van der Waals surface area contributed by atoms with Gasteiger partial charge in [0.05, 0.1) is 43.8 Å². The molecule has 578 valence electrons. The highest BCUT2D eigenvalue weighted by atomic mass is 16.4. The second-order valence-electron chi connectivity index (χ2n) is 32.3. The van der Waals surface area contributed by atoms with Crippen molar-refractivity contribution in [2.45, 2.75) is 137 Å². The topological polar surface area (TPSA) is 120 Å². The molecular weight excluding hydrogens is 1440 g/mol. The molecule has 0 amide bonds. The van der Waals surface area contributed by atoms with Crippen molar-refractivity contribution in [3.05, 3.63) is 288 Å². The third kappa shape index (κ3) is 13.3. The van der Waals surface area contributed by atoms with E-state index in [1.54, 1.807) is 12.3 Å². The smallest absolute Gasteiger partial charge is 0.227 e. The molecule has 22 rings (SSSR count). The van der Waals surface area contributed by atoms with Crippen LogP contribution in [0.2, 0.25) is 0 Å². The summed E-state index contributed by atoms with van der Waals surface area (Å²) in [4.78, 5) is 18.4. The van der Waals surface area contributed by atoms with Gasteiger partial charge in [0.2, 0.25) is 45.6 Å². The fourth-order valence-corrected chi connectivity index (χ4v) is 18.3. The maximum atomic E-state index is 9.02. The minimum Gasteiger partial charge on any atom is -0.437 e. The number of aryl methyl sites for hydroxylation is 8. The number of benzene rings is 8. The van der Waals surface area contributed by atoms with E-state index in [2.05, 4.69) is 220 Å². The van der Waals surface area contributed by atoms with Gasteiger partial charge >= 0.3 is 0 Å². The first-order valence-corrected chi connectivity index (χ1v) is 40.8. The summed E-state index contributed by atoms with van der Waals surface area (Å²) in [7, 11) is 8.05. The molecule has 117 heavy (non-hydrogen) atoms. The maximum absolute atomic E-state index is 9.02. The standard InChI is InChI=1S/C28H27N2O.C27H25N2O.2C25H23N2O/c1-18-12-14-23-26-22-11-7-6-10-20(22)16-29-28(26)31-27(23)25(18)24-15-13-21(17-30(24)2)19-8-4-3-5-9-19;1-17-11-13-22-25-21-10-6-5-9-19(21)15-28-27(25)30-26(22)24(17)23-14-12-20(16-29(23)2)18-7-3-4-8-18;2*1-15(2)18-10-12-21(27(4)14-18)22-16(3)9-11-20-23-19-8-6-5-7-17(19)13-26-25(23)28-24(20)22/h6-7,10-17,19H,3-5,8-9H2,1-2H3;5-6,9-16,18H,3-4,7-8H2,1-2H3;2*5-15H,1-4H3/q4*+1/i19D;18D;1D3,15D;15D. The molecule has 0 saturated heterocycles. The number of hydrogen-bond donors (Lipinski definition) is 0. The van der Waals surface area contributed by atoms with Crippen LogP contribution in [0.4, 0.5) is 0 Å². The number of aromatic nitrogens is 8. The summed E-state index contributed by atoms with van der Waals surface area (Å²) in [6, 6.07) is 66.5. The average molecular weight is 1540 g/mol. The zero-order valence-corrected chi connectivity index (χ0v) is 68.2. The van der Waals surface area contributed by atoms with Crippen LogP contribution in [0, 0.1) is 27.7 Å². The molecular formula is C105H98N8O4+4. The highest BCUT2D eigenvalue weighted by molar-refractivity contribution is 6.23. The Hall–Kier alpha value is -12.8. The number of nitrogens with zero attached hydrogens (tertiary/aromatic N) is 8. The number of rotatable bonds is 8. The van der Waals surface area contributed by atoms with Gasteiger partial charge in [-0.3, -0.25) is 0 Å². The number of pyridine rings is 8. The van der Waals surface area contributed by atoms with Gasteiger partial charge in [-0.25, -0.2) is 38.2 Å². The normalized spacial score (nSPS) is 15.7. The Morgan fingerprint density at radius 2 is 0.598 bits per heavy atom. The monoisotopic (exact) mass is 1540 g/mol. The molecule has 2 fully saturated rings. The first kappa shape index (κ1) is 66.5. The van der Waals surface area contributed by atoms with Crippen LogP contribution in [0.3, 0.4) is 0 Å². The highest BCUT2D eigenvalue weighted by Gasteiger charge is 2.30. The Balaban J connectivity index is 0.000000108. The van der Waals surface area contributed by atoms with Gasteiger partial charge in [-0.15, -0.1) is 0 Å². The molecule has 0 bridgehead atoms. The number of hydrogen-bond acceptors (Lipinski definition) is 8. The molecule has 0 radical (unpaired) electrons. The van der Waals surface area contributed by atoms with Crippen LogP contribution < -0.4 is 18.3 Å². The summed E-state index contributed by atoms with van der Waals surface area (Å²) in [5.74, 6) is -3.25. The largest absolute Gasteiger partial charge is 0.437 e. The Morgan fingerprint density at radius 1 is 0.325 bits per heavy atom. The second kappa shape index (κ2) is 30.4. The van der Waals surface area contributed by atoms with Crippen LogP contribution in [0.5, 0.6) is 0 Å². The van der Waals surface area contributed by atoms with E-state index in [1.807, 2.05) is 119 Å². The Kier molecular flexibility index (Phi) is 17.3. The van der Waals surface area contributed by atoms with Crippen molar-refractivity contribution in [3.8, 4) is 45.0 Å². The lowest BCUT2D eigenvalue weighted by Crippen LogP contribution is -2.32. The lowest BCUT2D eigenvalue weighted by Gasteiger charge is -2.21. The van der Waals surface area contributed by atoms with Crippen molar-refractivity contribution in [2.75, 3.05) is 0 Å². The first-order chi connectivity index (χ1) is 59.5. The molecule has 0 N–H and O–H groups in total. The van der Waals surface area contributed by atoms with Crippen LogP contribution in [0.25, 0.3) is 176 Å². The van der Waals surface area contributed by atoms with E-state index >= 15 is 0 Å². The SMILES string of the molecule is [2H]C(C)(C)c1ccc(-c2c(C)ccc3c2oc2ncc4ccccc4c23)[n+](C)c1.[2H]C([2H])([2H])C([2H])(C)c1ccc(-c2c(C)ccc3c2oc2ncc4ccccc4c23)[n+](C)c1.[2H]C1(c2ccc(-c3c(C)ccc4c3oc3ncc5ccccc5c34)[n+](C)c2)CCCC1.[2H]C1(c2ccc(-c3c(C)ccc4c3oc3ncc5ccccc5c34)[n+](C)c2)CCCCC1. The zero-order chi connectivity index (χ0) is 86.2. The molecule has 20 aromatic rings. The predicted octanol–water partition coefficient (Wildman–Crippen LogP) is 25.7. The quantitative estimate of drug-likeness (QED) is 0.138. The predicted molar refractivity (Wildman–Crippen MR) is 477 cm³/mol. The van der Waals surface area contributed by atoms with Crippen molar-refractivity contribution in [3.63, 3.8) is 0 Å². The van der Waals surface area contributed by atoms with Crippen LogP contribution in [-0.2, 0) is 28.2 Å². The average Bonchev–Trinajstić information content (AvgIpc) is 1.55. The van der Waals surface area contributed by atoms with Crippen LogP contribution in [0.1, 0.15) is 163 Å². The lowest BCUT2D eigenvalue weighted by molar-refractivity contribution is -0.661. The summed E-state index contributed by atoms with van der Waals surface area (Å²) >= 11 is 0. The second-order valence-corrected chi connectivity index (χ2v) is 32.3. The van der Waals surface area contributed by atoms with Gasteiger partial charge in [0.25, 0.3) is 0 Å². The van der Waals surface area contributed by atoms with E-state index in [1.165, 1.54) is 29.9 Å². The number of fused-ring (bicyclic) bond motifs is 20. The fraction of sp³-hybridized carbons (Fsp3) is 0.238. The van der Waals surface area contributed by atoms with Crippen LogP contribution >= 0.6 is 0 Å². The maximum Gasteiger partial charge on any atom is 0.227 e. The molecule has 12 heterocycles. The van der Waals surface area contributed by atoms with Crippen molar-refractivity contribution in [2.24, 2.45) is 28.2 Å². The molecule has 12 nitrogen and oxygen atoms in total. The Labute approximate surface area is 691 Å². The van der Waals surface area contributed by atoms with Crippen molar-refractivity contribution < 1.29 is 45.5 Å². The zero-order valence-electron chi connectivity index (χ0n) is 75.2. The third-order valence-electron chi connectivity index (χ3n) is 24.4. The summed E-state index contributed by atoms with van der Waals surface area (Å²) in [5.41, 5.74) is 22.5. The van der Waals surface area contributed by atoms with Gasteiger partial charge in [0, 0.05) is 124 Å². The van der Waals surface area contributed by atoms with Crippen molar-refractivity contribution in [1.82, 2.24) is 19.9 Å². The van der Waals surface area contributed by atoms with E-state index in [-0.39, 0.29) is 0 Å². The Bertz CT molecular complexity index is 7710. The molecule has 0 spiro atoms. The minimum absolute atomic E-state index is 0.436. The van der Waals surface area contributed by atoms with Gasteiger partial charge in [-0.1, -0.05) is 205 Å². The Morgan fingerprint density at radius 3 is 0.880 bits per heavy atom. The van der Waals surface area contributed by atoms with Crippen molar-refractivity contribution in [1.29, 1.82) is 0 Å². The molecule has 8 aromatic carbocycles.